The highest BCUT2D eigenvalue weighted by atomic mass is 19.1. The highest BCUT2D eigenvalue weighted by Gasteiger charge is 2.32. The van der Waals surface area contributed by atoms with Gasteiger partial charge in [-0.2, -0.15) is 5.10 Å². The van der Waals surface area contributed by atoms with Gasteiger partial charge in [-0.25, -0.2) is 23.5 Å². The molecule has 2 aromatic heterocycles. The molecule has 0 aromatic carbocycles. The Morgan fingerprint density at radius 2 is 2.14 bits per heavy atom. The van der Waals surface area contributed by atoms with Gasteiger partial charge in [0.25, 0.3) is 0 Å². The maximum atomic E-state index is 14.4. The molecule has 0 spiro atoms. The SMILES string of the molecule is CCOC(=O)c1cnn2ccc(N3CC[C@H](F)[C@@H](NC(=O)OC(C)(C)C)C3)nc12. The van der Waals surface area contributed by atoms with Gasteiger partial charge in [0.1, 0.15) is 23.2 Å². The lowest BCUT2D eigenvalue weighted by atomic mass is 10.0. The minimum absolute atomic E-state index is 0.229. The summed E-state index contributed by atoms with van der Waals surface area (Å²) in [6, 6.07) is 1.00. The second-order valence-electron chi connectivity index (χ2n) is 7.84. The van der Waals surface area contributed by atoms with Crippen LogP contribution in [-0.2, 0) is 9.47 Å². The van der Waals surface area contributed by atoms with Crippen molar-refractivity contribution in [2.24, 2.45) is 0 Å². The van der Waals surface area contributed by atoms with Crippen LogP contribution in [0.15, 0.2) is 18.5 Å². The molecule has 2 aromatic rings. The number of aromatic nitrogens is 3. The molecule has 29 heavy (non-hydrogen) atoms. The number of hydrogen-bond acceptors (Lipinski definition) is 7. The zero-order chi connectivity index (χ0) is 21.2. The first kappa shape index (κ1) is 20.8. The van der Waals surface area contributed by atoms with Gasteiger partial charge >= 0.3 is 12.1 Å². The molecule has 158 valence electrons. The number of esters is 1. The Labute approximate surface area is 168 Å². The molecule has 1 fully saturated rings. The van der Waals surface area contributed by atoms with Crippen LogP contribution >= 0.6 is 0 Å². The van der Waals surface area contributed by atoms with Gasteiger partial charge in [-0.05, 0) is 40.2 Å². The van der Waals surface area contributed by atoms with Crippen LogP contribution in [0.1, 0.15) is 44.5 Å². The van der Waals surface area contributed by atoms with Gasteiger partial charge in [0, 0.05) is 19.3 Å². The van der Waals surface area contributed by atoms with E-state index in [1.807, 2.05) is 4.90 Å². The van der Waals surface area contributed by atoms with E-state index in [9.17, 15) is 14.0 Å². The first-order valence-corrected chi connectivity index (χ1v) is 9.58. The summed E-state index contributed by atoms with van der Waals surface area (Å²) in [5.41, 5.74) is -0.0417. The summed E-state index contributed by atoms with van der Waals surface area (Å²) in [7, 11) is 0. The molecule has 0 aliphatic carbocycles. The standard InChI is InChI=1S/C19H26FN5O4/c1-5-28-17(26)12-10-21-25-9-7-15(23-16(12)25)24-8-6-13(20)14(11-24)22-18(27)29-19(2,3)4/h7,9-10,13-14H,5-6,8,11H2,1-4H3,(H,22,27)/t13-,14-/m0/s1. The number of halogens is 1. The average Bonchev–Trinajstić information content (AvgIpc) is 3.05. The monoisotopic (exact) mass is 407 g/mol. The zero-order valence-electron chi connectivity index (χ0n) is 17.0. The fraction of sp³-hybridized carbons (Fsp3) is 0.579. The Kier molecular flexibility index (Phi) is 5.90. The molecular formula is C19H26FN5O4. The van der Waals surface area contributed by atoms with Crippen LogP contribution in [0.25, 0.3) is 5.65 Å². The molecule has 3 heterocycles. The maximum absolute atomic E-state index is 14.4. The lowest BCUT2D eigenvalue weighted by Gasteiger charge is -2.36. The molecule has 9 nitrogen and oxygen atoms in total. The minimum Gasteiger partial charge on any atom is -0.462 e. The third-order valence-corrected chi connectivity index (χ3v) is 4.40. The van der Waals surface area contributed by atoms with Crippen molar-refractivity contribution in [1.29, 1.82) is 0 Å². The van der Waals surface area contributed by atoms with Crippen LogP contribution in [-0.4, -0.2) is 64.2 Å². The topological polar surface area (TPSA) is 98.1 Å². The number of ether oxygens (including phenoxy) is 2. The summed E-state index contributed by atoms with van der Waals surface area (Å²) in [4.78, 5) is 30.5. The summed E-state index contributed by atoms with van der Waals surface area (Å²) >= 11 is 0. The van der Waals surface area contributed by atoms with E-state index >= 15 is 0 Å². The van der Waals surface area contributed by atoms with Crippen LogP contribution in [0, 0.1) is 0 Å². The number of alkyl carbamates (subject to hydrolysis) is 1. The van der Waals surface area contributed by atoms with Gasteiger partial charge in [-0.3, -0.25) is 0 Å². The Morgan fingerprint density at radius 3 is 2.83 bits per heavy atom. The smallest absolute Gasteiger partial charge is 0.408 e. The number of anilines is 1. The second kappa shape index (κ2) is 8.22. The molecule has 3 rings (SSSR count). The molecular weight excluding hydrogens is 381 g/mol. The van der Waals surface area contributed by atoms with E-state index in [-0.39, 0.29) is 25.1 Å². The van der Waals surface area contributed by atoms with E-state index in [0.717, 1.165) is 0 Å². The van der Waals surface area contributed by atoms with Crippen molar-refractivity contribution < 1.29 is 23.5 Å². The summed E-state index contributed by atoms with van der Waals surface area (Å²) in [6.07, 6.45) is 1.48. The van der Waals surface area contributed by atoms with Crippen LogP contribution < -0.4 is 10.2 Å². The van der Waals surface area contributed by atoms with E-state index in [1.165, 1.54) is 10.7 Å². The van der Waals surface area contributed by atoms with Crippen LogP contribution in [0.5, 0.6) is 0 Å². The molecule has 0 bridgehead atoms. The van der Waals surface area contributed by atoms with Crippen molar-refractivity contribution >= 4 is 23.5 Å². The summed E-state index contributed by atoms with van der Waals surface area (Å²) < 4.78 is 26.1. The molecule has 1 aliphatic heterocycles. The van der Waals surface area contributed by atoms with Crippen molar-refractivity contribution in [3.8, 4) is 0 Å². The van der Waals surface area contributed by atoms with Gasteiger partial charge < -0.3 is 19.7 Å². The van der Waals surface area contributed by atoms with Gasteiger partial charge in [0.15, 0.2) is 5.65 Å². The highest BCUT2D eigenvalue weighted by molar-refractivity contribution is 5.95. The van der Waals surface area contributed by atoms with Crippen molar-refractivity contribution in [3.63, 3.8) is 0 Å². The van der Waals surface area contributed by atoms with Crippen molar-refractivity contribution in [1.82, 2.24) is 19.9 Å². The quantitative estimate of drug-likeness (QED) is 0.777. The fourth-order valence-corrected chi connectivity index (χ4v) is 3.11. The molecule has 0 saturated carbocycles. The largest absolute Gasteiger partial charge is 0.462 e. The number of hydrogen-bond donors (Lipinski definition) is 1. The average molecular weight is 407 g/mol. The number of rotatable bonds is 4. The lowest BCUT2D eigenvalue weighted by molar-refractivity contribution is 0.0464. The highest BCUT2D eigenvalue weighted by Crippen LogP contribution is 2.22. The number of carbonyl (C=O) groups excluding carboxylic acids is 2. The summed E-state index contributed by atoms with van der Waals surface area (Å²) in [6.45, 7) is 7.88. The molecule has 1 amide bonds. The molecule has 1 aliphatic rings. The minimum atomic E-state index is -1.19. The van der Waals surface area contributed by atoms with Crippen molar-refractivity contribution in [2.75, 3.05) is 24.6 Å². The van der Waals surface area contributed by atoms with Crippen molar-refractivity contribution in [2.45, 2.75) is 51.9 Å². The van der Waals surface area contributed by atoms with E-state index in [1.54, 1.807) is 40.0 Å². The van der Waals surface area contributed by atoms with E-state index in [4.69, 9.17) is 9.47 Å². The summed E-state index contributed by atoms with van der Waals surface area (Å²) in [5, 5.41) is 6.72. The maximum Gasteiger partial charge on any atom is 0.408 e. The number of amides is 1. The molecule has 1 saturated heterocycles. The number of alkyl halides is 1. The predicted molar refractivity (Wildman–Crippen MR) is 104 cm³/mol. The number of nitrogens with zero attached hydrogens (tertiary/aromatic N) is 4. The first-order chi connectivity index (χ1) is 13.7. The van der Waals surface area contributed by atoms with Gasteiger partial charge in [0.2, 0.25) is 0 Å². The van der Waals surface area contributed by atoms with E-state index in [0.29, 0.717) is 18.0 Å². The molecule has 10 heteroatoms. The Morgan fingerprint density at radius 1 is 1.38 bits per heavy atom. The molecule has 1 N–H and O–H groups in total. The first-order valence-electron chi connectivity index (χ1n) is 9.58. The Hall–Kier alpha value is -2.91. The predicted octanol–water partition coefficient (Wildman–Crippen LogP) is 2.35. The number of piperidine rings is 1. The number of nitrogens with one attached hydrogen (secondary N) is 1. The second-order valence-corrected chi connectivity index (χ2v) is 7.84. The van der Waals surface area contributed by atoms with Crippen LogP contribution in [0.4, 0.5) is 15.0 Å². The molecule has 2 atom stereocenters. The molecule has 0 unspecified atom stereocenters. The number of fused-ring (bicyclic) bond motifs is 1. The van der Waals surface area contributed by atoms with E-state index in [2.05, 4.69) is 15.4 Å². The Bertz CT molecular complexity index is 894. The van der Waals surface area contributed by atoms with Gasteiger partial charge in [-0.1, -0.05) is 0 Å². The third kappa shape index (κ3) is 4.93. The lowest BCUT2D eigenvalue weighted by Crippen LogP contribution is -2.54. The van der Waals surface area contributed by atoms with Crippen molar-refractivity contribution in [3.05, 3.63) is 24.0 Å². The third-order valence-electron chi connectivity index (χ3n) is 4.40. The summed E-state index contributed by atoms with van der Waals surface area (Å²) in [5.74, 6) is 0.0607. The fourth-order valence-electron chi connectivity index (χ4n) is 3.11. The zero-order valence-corrected chi connectivity index (χ0v) is 17.0. The number of carbonyl (C=O) groups is 2. The van der Waals surface area contributed by atoms with Crippen LogP contribution in [0.2, 0.25) is 0 Å². The van der Waals surface area contributed by atoms with Gasteiger partial charge in [-0.15, -0.1) is 0 Å². The van der Waals surface area contributed by atoms with Gasteiger partial charge in [0.05, 0.1) is 18.8 Å². The van der Waals surface area contributed by atoms with Crippen LogP contribution in [0.3, 0.4) is 0 Å². The Balaban J connectivity index is 1.77. The molecule has 0 radical (unpaired) electrons. The van der Waals surface area contributed by atoms with E-state index < -0.39 is 29.9 Å². The normalized spacial score (nSPS) is 19.8.